The Morgan fingerprint density at radius 1 is 1.26 bits per heavy atom. The lowest BCUT2D eigenvalue weighted by Gasteiger charge is -2.24. The number of carbonyl (C=O) groups excluding carboxylic acids is 1. The van der Waals surface area contributed by atoms with E-state index in [1.54, 1.807) is 7.11 Å². The maximum absolute atomic E-state index is 12.2. The molecular formula is C17H18O6. The van der Waals surface area contributed by atoms with Crippen LogP contribution in [0.15, 0.2) is 23.8 Å². The van der Waals surface area contributed by atoms with Crippen LogP contribution in [-0.4, -0.2) is 35.0 Å². The number of allylic oxidation sites excluding steroid dienone is 1. The molecule has 0 unspecified atom stereocenters. The minimum Gasteiger partial charge on any atom is -0.508 e. The number of rotatable bonds is 1. The van der Waals surface area contributed by atoms with Crippen molar-refractivity contribution in [1.82, 2.24) is 0 Å². The summed E-state index contributed by atoms with van der Waals surface area (Å²) in [6, 6.07) is 2.80. The van der Waals surface area contributed by atoms with E-state index in [0.29, 0.717) is 24.0 Å². The van der Waals surface area contributed by atoms with E-state index >= 15 is 0 Å². The molecule has 6 heteroatoms. The van der Waals surface area contributed by atoms with E-state index in [4.69, 9.17) is 14.2 Å². The summed E-state index contributed by atoms with van der Waals surface area (Å²) in [7, 11) is 1.54. The fourth-order valence-electron chi connectivity index (χ4n) is 3.79. The van der Waals surface area contributed by atoms with Crippen molar-refractivity contribution in [3.63, 3.8) is 0 Å². The smallest absolute Gasteiger partial charge is 0.342 e. The molecule has 1 aromatic carbocycles. The molecule has 6 nitrogen and oxygen atoms in total. The predicted octanol–water partition coefficient (Wildman–Crippen LogP) is 2.26. The number of hydrogen-bond acceptors (Lipinski definition) is 6. The Morgan fingerprint density at radius 3 is 2.61 bits per heavy atom. The molecule has 122 valence electrons. The second-order valence-electron chi connectivity index (χ2n) is 6.29. The minimum absolute atomic E-state index is 0.00725. The summed E-state index contributed by atoms with van der Waals surface area (Å²) in [4.78, 5) is 12.2. The number of fused-ring (bicyclic) bond motifs is 2. The first-order chi connectivity index (χ1) is 11.0. The van der Waals surface area contributed by atoms with Gasteiger partial charge in [0.25, 0.3) is 0 Å². The summed E-state index contributed by atoms with van der Waals surface area (Å²) >= 11 is 0. The molecular weight excluding hydrogens is 300 g/mol. The Balaban J connectivity index is 1.96. The van der Waals surface area contributed by atoms with Crippen LogP contribution >= 0.6 is 0 Å². The van der Waals surface area contributed by atoms with Gasteiger partial charge in [-0.25, -0.2) is 4.79 Å². The van der Waals surface area contributed by atoms with E-state index in [1.165, 1.54) is 12.1 Å². The molecule has 23 heavy (non-hydrogen) atoms. The Bertz CT molecular complexity index is 724. The first kappa shape index (κ1) is 14.5. The summed E-state index contributed by atoms with van der Waals surface area (Å²) < 4.78 is 16.7. The van der Waals surface area contributed by atoms with Gasteiger partial charge < -0.3 is 24.4 Å². The van der Waals surface area contributed by atoms with Crippen LogP contribution in [0, 0.1) is 0 Å². The SMILES string of the molecule is CO[C@@H]1/C(C)=C/CC[C@@]23O[C@@H]2[C@H](OC3=O)c2c(O)ccc(O)c21. The van der Waals surface area contributed by atoms with Crippen molar-refractivity contribution in [3.05, 3.63) is 34.9 Å². The molecule has 0 saturated carbocycles. The van der Waals surface area contributed by atoms with Crippen molar-refractivity contribution in [3.8, 4) is 11.5 Å². The zero-order chi connectivity index (χ0) is 16.4. The maximum Gasteiger partial charge on any atom is 0.342 e. The second kappa shape index (κ2) is 4.72. The summed E-state index contributed by atoms with van der Waals surface area (Å²) in [6.07, 6.45) is 1.48. The topological polar surface area (TPSA) is 88.5 Å². The molecule has 1 aromatic rings. The van der Waals surface area contributed by atoms with Crippen LogP contribution in [0.1, 0.15) is 43.1 Å². The predicted molar refractivity (Wildman–Crippen MR) is 78.9 cm³/mol. The van der Waals surface area contributed by atoms with Crippen LogP contribution in [0.2, 0.25) is 0 Å². The summed E-state index contributed by atoms with van der Waals surface area (Å²) in [6.45, 7) is 1.90. The van der Waals surface area contributed by atoms with Crippen LogP contribution in [0.25, 0.3) is 0 Å². The molecule has 2 fully saturated rings. The molecule has 0 radical (unpaired) electrons. The number of ether oxygens (including phenoxy) is 3. The lowest BCUT2D eigenvalue weighted by atomic mass is 9.87. The highest BCUT2D eigenvalue weighted by Crippen LogP contribution is 2.59. The van der Waals surface area contributed by atoms with Gasteiger partial charge >= 0.3 is 5.97 Å². The molecule has 3 aliphatic rings. The quantitative estimate of drug-likeness (QED) is 0.357. The number of aromatic hydroxyl groups is 2. The highest BCUT2D eigenvalue weighted by molar-refractivity contribution is 5.87. The zero-order valence-electron chi connectivity index (χ0n) is 12.9. The number of carbonyl (C=O) groups is 1. The fraction of sp³-hybridized carbons (Fsp3) is 0.471. The maximum atomic E-state index is 12.2. The average molecular weight is 318 g/mol. The third kappa shape index (κ3) is 1.85. The van der Waals surface area contributed by atoms with Gasteiger partial charge in [0.15, 0.2) is 11.7 Å². The molecule has 0 aromatic heterocycles. The van der Waals surface area contributed by atoms with Gasteiger partial charge in [-0.15, -0.1) is 0 Å². The van der Waals surface area contributed by atoms with Crippen LogP contribution in [0.3, 0.4) is 0 Å². The van der Waals surface area contributed by atoms with Gasteiger partial charge in [-0.1, -0.05) is 6.08 Å². The van der Waals surface area contributed by atoms with Gasteiger partial charge in [-0.05, 0) is 37.5 Å². The first-order valence-corrected chi connectivity index (χ1v) is 7.62. The first-order valence-electron chi connectivity index (χ1n) is 7.62. The number of esters is 1. The highest BCUT2D eigenvalue weighted by atomic mass is 16.7. The van der Waals surface area contributed by atoms with Gasteiger partial charge in [0.1, 0.15) is 23.7 Å². The normalized spacial score (nSPS) is 37.2. The van der Waals surface area contributed by atoms with Crippen molar-refractivity contribution in [2.45, 2.75) is 43.7 Å². The van der Waals surface area contributed by atoms with Crippen LogP contribution < -0.4 is 0 Å². The van der Waals surface area contributed by atoms with E-state index in [0.717, 1.165) is 5.57 Å². The van der Waals surface area contributed by atoms with Gasteiger partial charge in [-0.3, -0.25) is 0 Å². The number of benzene rings is 1. The molecule has 2 N–H and O–H groups in total. The van der Waals surface area contributed by atoms with Gasteiger partial charge in [0.2, 0.25) is 0 Å². The van der Waals surface area contributed by atoms with Crippen molar-refractivity contribution in [1.29, 1.82) is 0 Å². The largest absolute Gasteiger partial charge is 0.508 e. The molecule has 4 rings (SSSR count). The summed E-state index contributed by atoms with van der Waals surface area (Å²) in [5.41, 5.74) is 0.782. The summed E-state index contributed by atoms with van der Waals surface area (Å²) in [5.74, 6) is -0.451. The minimum atomic E-state index is -0.906. The van der Waals surface area contributed by atoms with E-state index in [9.17, 15) is 15.0 Å². The monoisotopic (exact) mass is 318 g/mol. The Labute approximate surface area is 133 Å². The summed E-state index contributed by atoms with van der Waals surface area (Å²) in [5, 5.41) is 20.7. The third-order valence-corrected chi connectivity index (χ3v) is 5.01. The molecule has 0 spiro atoms. The van der Waals surface area contributed by atoms with E-state index in [-0.39, 0.29) is 11.5 Å². The number of hydrogen-bond donors (Lipinski definition) is 2. The second-order valence-corrected chi connectivity index (χ2v) is 6.29. The molecule has 4 atom stereocenters. The van der Waals surface area contributed by atoms with Gasteiger partial charge in [0, 0.05) is 18.2 Å². The van der Waals surface area contributed by atoms with E-state index in [2.05, 4.69) is 0 Å². The Kier molecular flexibility index (Phi) is 2.98. The van der Waals surface area contributed by atoms with Crippen molar-refractivity contribution in [2.24, 2.45) is 0 Å². The number of phenolic OH excluding ortho intramolecular Hbond substituents is 2. The number of methoxy groups -OCH3 is 1. The molecule has 0 amide bonds. The standard InChI is InChI=1S/C17H18O6/c1-8-4-3-7-17-15(23-17)14(22-16(17)20)12-10(19)6-5-9(18)11(12)13(8)21-2/h4-6,13-15,18-19H,3,7H2,1-2H3/b8-4+/t13-,14-,15-,17-/m1/s1. The average Bonchev–Trinajstić information content (AvgIpc) is 3.19. The van der Waals surface area contributed by atoms with Crippen LogP contribution in [0.4, 0.5) is 0 Å². The third-order valence-electron chi connectivity index (χ3n) is 5.01. The fourth-order valence-corrected chi connectivity index (χ4v) is 3.79. The van der Waals surface area contributed by atoms with Gasteiger partial charge in [0.05, 0.1) is 0 Å². The van der Waals surface area contributed by atoms with Gasteiger partial charge in [-0.2, -0.15) is 0 Å². The van der Waals surface area contributed by atoms with E-state index in [1.807, 2.05) is 13.0 Å². The molecule has 2 bridgehead atoms. The lowest BCUT2D eigenvalue weighted by Crippen LogP contribution is -2.22. The zero-order valence-corrected chi connectivity index (χ0v) is 12.9. The molecule has 2 heterocycles. The molecule has 2 aliphatic heterocycles. The van der Waals surface area contributed by atoms with E-state index < -0.39 is 29.9 Å². The Hall–Kier alpha value is -2.05. The molecule has 1 aliphatic carbocycles. The van der Waals surface area contributed by atoms with Crippen LogP contribution in [-0.2, 0) is 19.0 Å². The lowest BCUT2D eigenvalue weighted by molar-refractivity contribution is -0.154. The number of epoxide rings is 1. The highest BCUT2D eigenvalue weighted by Gasteiger charge is 2.73. The van der Waals surface area contributed by atoms with Crippen LogP contribution in [0.5, 0.6) is 11.5 Å². The number of phenols is 2. The molecule has 2 saturated heterocycles. The Morgan fingerprint density at radius 2 is 1.96 bits per heavy atom. The van der Waals surface area contributed by atoms with Crippen molar-refractivity contribution < 1.29 is 29.2 Å². The van der Waals surface area contributed by atoms with Crippen molar-refractivity contribution in [2.75, 3.05) is 7.11 Å². The van der Waals surface area contributed by atoms with Crippen molar-refractivity contribution >= 4 is 5.97 Å².